The van der Waals surface area contributed by atoms with Gasteiger partial charge in [-0.2, -0.15) is 8.75 Å². The van der Waals surface area contributed by atoms with Crippen LogP contribution in [-0.4, -0.2) is 45.1 Å². The van der Waals surface area contributed by atoms with Crippen molar-refractivity contribution in [3.63, 3.8) is 0 Å². The summed E-state index contributed by atoms with van der Waals surface area (Å²) in [7, 11) is 0. The minimum atomic E-state index is -0.329. The Hall–Kier alpha value is -1.57. The Morgan fingerprint density at radius 2 is 2.09 bits per heavy atom. The summed E-state index contributed by atoms with van der Waals surface area (Å²) in [4.78, 5) is 12.3. The number of hydrogen-bond acceptors (Lipinski definition) is 6. The molecule has 6 nitrogen and oxygen atoms in total. The van der Waals surface area contributed by atoms with E-state index in [1.165, 1.54) is 0 Å². The molecule has 1 fully saturated rings. The third-order valence-corrected chi connectivity index (χ3v) is 4.66. The summed E-state index contributed by atoms with van der Waals surface area (Å²) in [5.74, 6) is -0.131. The van der Waals surface area contributed by atoms with E-state index in [9.17, 15) is 4.79 Å². The van der Waals surface area contributed by atoms with Gasteiger partial charge in [0.15, 0.2) is 0 Å². The number of carbonyl (C=O) groups is 1. The van der Waals surface area contributed by atoms with Crippen LogP contribution in [0.4, 0.5) is 0 Å². The molecule has 3 rings (SSSR count). The van der Waals surface area contributed by atoms with E-state index in [-0.39, 0.29) is 18.1 Å². The third kappa shape index (κ3) is 3.26. The number of aliphatic hydroxyl groups is 1. The van der Waals surface area contributed by atoms with E-state index >= 15 is 0 Å². The van der Waals surface area contributed by atoms with Crippen LogP contribution in [0.15, 0.2) is 18.2 Å². The van der Waals surface area contributed by atoms with Crippen LogP contribution in [0.2, 0.25) is 0 Å². The molecule has 0 radical (unpaired) electrons. The standard InChI is InChI=1S/C15H19N3O3S/c19-7-8-21-15(5-1-2-6-15)10-16-14(20)11-3-4-12-13(9-11)18-22-17-12/h3-4,9,19H,1-2,5-8,10H2,(H,16,20). The Kier molecular flexibility index (Phi) is 4.66. The molecule has 1 amide bonds. The second-order valence-corrected chi connectivity index (χ2v) is 6.14. The highest BCUT2D eigenvalue weighted by Gasteiger charge is 2.35. The normalized spacial score (nSPS) is 17.0. The van der Waals surface area contributed by atoms with Gasteiger partial charge in [-0.05, 0) is 31.0 Å². The molecule has 0 bridgehead atoms. The molecule has 0 spiro atoms. The summed E-state index contributed by atoms with van der Waals surface area (Å²) in [6.45, 7) is 0.786. The number of aromatic nitrogens is 2. The van der Waals surface area contributed by atoms with Gasteiger partial charge in [0.1, 0.15) is 11.0 Å². The number of nitrogens with zero attached hydrogens (tertiary/aromatic N) is 2. The van der Waals surface area contributed by atoms with Gasteiger partial charge in [0, 0.05) is 12.1 Å². The van der Waals surface area contributed by atoms with E-state index in [1.54, 1.807) is 18.2 Å². The number of nitrogens with one attached hydrogen (secondary N) is 1. The third-order valence-electron chi connectivity index (χ3n) is 4.10. The predicted molar refractivity (Wildman–Crippen MR) is 84.0 cm³/mol. The Morgan fingerprint density at radius 3 is 2.86 bits per heavy atom. The van der Waals surface area contributed by atoms with E-state index in [0.717, 1.165) is 48.4 Å². The SMILES string of the molecule is O=C(NCC1(OCCO)CCCC1)c1ccc2nsnc2c1. The van der Waals surface area contributed by atoms with Crippen molar-refractivity contribution in [2.75, 3.05) is 19.8 Å². The van der Waals surface area contributed by atoms with Crippen molar-refractivity contribution in [3.8, 4) is 0 Å². The molecule has 1 aromatic carbocycles. The van der Waals surface area contributed by atoms with Gasteiger partial charge >= 0.3 is 0 Å². The minimum Gasteiger partial charge on any atom is -0.394 e. The largest absolute Gasteiger partial charge is 0.394 e. The summed E-state index contributed by atoms with van der Waals surface area (Å²) in [6.07, 6.45) is 4.03. The van der Waals surface area contributed by atoms with E-state index < -0.39 is 0 Å². The fraction of sp³-hybridized carbons (Fsp3) is 0.533. The molecule has 22 heavy (non-hydrogen) atoms. The lowest BCUT2D eigenvalue weighted by Crippen LogP contribution is -2.43. The van der Waals surface area contributed by atoms with Gasteiger partial charge in [-0.3, -0.25) is 4.79 Å². The molecule has 1 saturated carbocycles. The molecule has 118 valence electrons. The zero-order valence-electron chi connectivity index (χ0n) is 12.2. The minimum absolute atomic E-state index is 0.00316. The Balaban J connectivity index is 1.65. The average molecular weight is 321 g/mol. The topological polar surface area (TPSA) is 84.3 Å². The predicted octanol–water partition coefficient (Wildman–Crippen LogP) is 1.74. The molecule has 0 atom stereocenters. The molecule has 2 N–H and O–H groups in total. The van der Waals surface area contributed by atoms with Crippen LogP contribution in [0.1, 0.15) is 36.0 Å². The van der Waals surface area contributed by atoms with Gasteiger partial charge in [0.25, 0.3) is 5.91 Å². The quantitative estimate of drug-likeness (QED) is 0.846. The summed E-state index contributed by atoms with van der Waals surface area (Å²) >= 11 is 1.14. The van der Waals surface area contributed by atoms with Crippen molar-refractivity contribution < 1.29 is 14.6 Å². The lowest BCUT2D eigenvalue weighted by molar-refractivity contribution is -0.0511. The molecule has 0 saturated heterocycles. The average Bonchev–Trinajstić information content (AvgIpc) is 3.19. The van der Waals surface area contributed by atoms with Gasteiger partial charge in [0.2, 0.25) is 0 Å². The van der Waals surface area contributed by atoms with Crippen molar-refractivity contribution in [1.82, 2.24) is 14.1 Å². The second-order valence-electron chi connectivity index (χ2n) is 5.61. The van der Waals surface area contributed by atoms with E-state index in [2.05, 4.69) is 14.1 Å². The van der Waals surface area contributed by atoms with E-state index in [1.807, 2.05) is 0 Å². The lowest BCUT2D eigenvalue weighted by Gasteiger charge is -2.29. The number of benzene rings is 1. The van der Waals surface area contributed by atoms with Crippen molar-refractivity contribution in [2.45, 2.75) is 31.3 Å². The van der Waals surface area contributed by atoms with Crippen molar-refractivity contribution in [1.29, 1.82) is 0 Å². The maximum Gasteiger partial charge on any atom is 0.251 e. The number of ether oxygens (including phenoxy) is 1. The smallest absolute Gasteiger partial charge is 0.251 e. The number of aliphatic hydroxyl groups excluding tert-OH is 1. The number of carbonyl (C=O) groups excluding carboxylic acids is 1. The van der Waals surface area contributed by atoms with Gasteiger partial charge in [0.05, 0.1) is 30.5 Å². The van der Waals surface area contributed by atoms with Crippen LogP contribution in [0.3, 0.4) is 0 Å². The first-order valence-electron chi connectivity index (χ1n) is 7.48. The van der Waals surface area contributed by atoms with Gasteiger partial charge in [-0.1, -0.05) is 12.8 Å². The fourth-order valence-electron chi connectivity index (χ4n) is 2.92. The van der Waals surface area contributed by atoms with Crippen LogP contribution in [0.25, 0.3) is 11.0 Å². The molecule has 0 unspecified atom stereocenters. The molecule has 7 heteroatoms. The summed E-state index contributed by atoms with van der Waals surface area (Å²) in [5, 5.41) is 11.9. The zero-order valence-corrected chi connectivity index (χ0v) is 13.1. The lowest BCUT2D eigenvalue weighted by atomic mass is 10.0. The summed E-state index contributed by atoms with van der Waals surface area (Å²) in [6, 6.07) is 5.32. The number of amides is 1. The van der Waals surface area contributed by atoms with Crippen molar-refractivity contribution in [3.05, 3.63) is 23.8 Å². The first kappa shape index (κ1) is 15.3. The van der Waals surface area contributed by atoms with Crippen LogP contribution in [0.5, 0.6) is 0 Å². The highest BCUT2D eigenvalue weighted by molar-refractivity contribution is 7.00. The first-order chi connectivity index (χ1) is 10.7. The summed E-state index contributed by atoms with van der Waals surface area (Å²) in [5.41, 5.74) is 1.80. The fourth-order valence-corrected chi connectivity index (χ4v) is 3.44. The zero-order chi connectivity index (χ0) is 15.4. The number of rotatable bonds is 6. The number of hydrogen-bond donors (Lipinski definition) is 2. The van der Waals surface area contributed by atoms with Crippen LogP contribution in [-0.2, 0) is 4.74 Å². The molecule has 2 aromatic rings. The maximum atomic E-state index is 12.3. The van der Waals surface area contributed by atoms with Gasteiger partial charge in [-0.15, -0.1) is 0 Å². The molecule has 0 aliphatic heterocycles. The molecular weight excluding hydrogens is 302 g/mol. The second kappa shape index (κ2) is 6.68. The highest BCUT2D eigenvalue weighted by Crippen LogP contribution is 2.32. The van der Waals surface area contributed by atoms with Crippen molar-refractivity contribution in [2.24, 2.45) is 0 Å². The van der Waals surface area contributed by atoms with E-state index in [0.29, 0.717) is 18.7 Å². The molecule has 1 aliphatic rings. The Morgan fingerprint density at radius 1 is 1.32 bits per heavy atom. The van der Waals surface area contributed by atoms with Crippen LogP contribution >= 0.6 is 11.7 Å². The van der Waals surface area contributed by atoms with E-state index in [4.69, 9.17) is 9.84 Å². The Bertz CT molecular complexity index is 652. The highest BCUT2D eigenvalue weighted by atomic mass is 32.1. The number of fused-ring (bicyclic) bond motifs is 1. The maximum absolute atomic E-state index is 12.3. The Labute approximate surface area is 132 Å². The monoisotopic (exact) mass is 321 g/mol. The molecule has 1 heterocycles. The molecule has 1 aliphatic carbocycles. The molecule has 1 aromatic heterocycles. The van der Waals surface area contributed by atoms with Crippen LogP contribution < -0.4 is 5.32 Å². The van der Waals surface area contributed by atoms with Gasteiger partial charge < -0.3 is 15.2 Å². The van der Waals surface area contributed by atoms with Crippen molar-refractivity contribution >= 4 is 28.7 Å². The van der Waals surface area contributed by atoms with Crippen LogP contribution in [0, 0.1) is 0 Å². The van der Waals surface area contributed by atoms with Gasteiger partial charge in [-0.25, -0.2) is 0 Å². The first-order valence-corrected chi connectivity index (χ1v) is 8.21. The molecular formula is C15H19N3O3S. The summed E-state index contributed by atoms with van der Waals surface area (Å²) < 4.78 is 14.1.